The van der Waals surface area contributed by atoms with Crippen molar-refractivity contribution < 1.29 is 4.79 Å². The summed E-state index contributed by atoms with van der Waals surface area (Å²) >= 11 is 9.34. The number of carbonyl (C=O) groups is 1. The van der Waals surface area contributed by atoms with Crippen LogP contribution in [0.5, 0.6) is 0 Å². The van der Waals surface area contributed by atoms with E-state index in [1.165, 1.54) is 6.20 Å². The summed E-state index contributed by atoms with van der Waals surface area (Å²) in [7, 11) is 0. The third-order valence-corrected chi connectivity index (χ3v) is 5.44. The Hall–Kier alpha value is -2.25. The maximum absolute atomic E-state index is 12.5. The quantitative estimate of drug-likeness (QED) is 0.650. The molecule has 1 aliphatic heterocycles. The second kappa shape index (κ2) is 7.78. The normalized spacial score (nSPS) is 15.1. The first-order chi connectivity index (χ1) is 13.1. The van der Waals surface area contributed by atoms with Crippen molar-refractivity contribution in [3.8, 4) is 0 Å². The van der Waals surface area contributed by atoms with Crippen LogP contribution in [0, 0.1) is 5.92 Å². The van der Waals surface area contributed by atoms with Gasteiger partial charge in [-0.05, 0) is 43.2 Å². The van der Waals surface area contributed by atoms with Gasteiger partial charge in [0, 0.05) is 35.1 Å². The van der Waals surface area contributed by atoms with Crippen LogP contribution in [0.15, 0.2) is 47.3 Å². The first-order valence-corrected chi connectivity index (χ1v) is 9.85. The Morgan fingerprint density at radius 3 is 2.70 bits per heavy atom. The van der Waals surface area contributed by atoms with Crippen molar-refractivity contribution in [3.63, 3.8) is 0 Å². The summed E-state index contributed by atoms with van der Waals surface area (Å²) in [6.45, 7) is 1.54. The predicted molar refractivity (Wildman–Crippen MR) is 110 cm³/mol. The van der Waals surface area contributed by atoms with E-state index in [0.29, 0.717) is 10.8 Å². The summed E-state index contributed by atoms with van der Waals surface area (Å²) in [5.74, 6) is 1.40. The standard InChI is InChI=1S/C19H17BrClN5O/c20-13-1-3-16-15(9-13)18(24-11-23-16)26-7-5-12(6-8-26)19(27)25-17-4-2-14(21)10-22-17/h1-4,9-12H,5-8H2,(H,22,25,27). The number of nitrogens with zero attached hydrogens (tertiary/aromatic N) is 4. The fourth-order valence-electron chi connectivity index (χ4n) is 3.30. The first-order valence-electron chi connectivity index (χ1n) is 8.68. The Balaban J connectivity index is 1.44. The lowest BCUT2D eigenvalue weighted by molar-refractivity contribution is -0.120. The molecule has 0 spiro atoms. The Kier molecular flexibility index (Phi) is 5.22. The van der Waals surface area contributed by atoms with Crippen LogP contribution >= 0.6 is 27.5 Å². The van der Waals surface area contributed by atoms with Crippen LogP contribution in [0.3, 0.4) is 0 Å². The molecule has 1 aromatic carbocycles. The molecular weight excluding hydrogens is 430 g/mol. The molecule has 3 heterocycles. The number of piperidine rings is 1. The number of hydrogen-bond acceptors (Lipinski definition) is 5. The SMILES string of the molecule is O=C(Nc1ccc(Cl)cn1)C1CCN(c2ncnc3ccc(Br)cc23)CC1. The molecule has 4 rings (SSSR count). The van der Waals surface area contributed by atoms with E-state index in [1.54, 1.807) is 18.5 Å². The van der Waals surface area contributed by atoms with Gasteiger partial charge in [0.2, 0.25) is 5.91 Å². The highest BCUT2D eigenvalue weighted by molar-refractivity contribution is 9.10. The van der Waals surface area contributed by atoms with Gasteiger partial charge in [-0.3, -0.25) is 4.79 Å². The molecule has 3 aromatic rings. The highest BCUT2D eigenvalue weighted by Gasteiger charge is 2.26. The van der Waals surface area contributed by atoms with Crippen LogP contribution in [0.1, 0.15) is 12.8 Å². The number of carbonyl (C=O) groups excluding carboxylic acids is 1. The van der Waals surface area contributed by atoms with Gasteiger partial charge in [0.25, 0.3) is 0 Å². The first kappa shape index (κ1) is 18.1. The summed E-state index contributed by atoms with van der Waals surface area (Å²) in [5, 5.41) is 4.43. The number of nitrogens with one attached hydrogen (secondary N) is 1. The maximum atomic E-state index is 12.5. The Morgan fingerprint density at radius 2 is 1.96 bits per heavy atom. The molecule has 1 amide bonds. The molecule has 0 aliphatic carbocycles. The van der Waals surface area contributed by atoms with Crippen molar-refractivity contribution in [1.29, 1.82) is 0 Å². The summed E-state index contributed by atoms with van der Waals surface area (Å²) in [5.41, 5.74) is 0.914. The van der Waals surface area contributed by atoms with Gasteiger partial charge in [-0.1, -0.05) is 27.5 Å². The molecule has 2 aromatic heterocycles. The van der Waals surface area contributed by atoms with Gasteiger partial charge in [0.05, 0.1) is 10.5 Å². The molecule has 0 saturated carbocycles. The van der Waals surface area contributed by atoms with E-state index < -0.39 is 0 Å². The molecule has 1 N–H and O–H groups in total. The third kappa shape index (κ3) is 4.04. The number of hydrogen-bond donors (Lipinski definition) is 1. The maximum Gasteiger partial charge on any atom is 0.228 e. The second-order valence-electron chi connectivity index (χ2n) is 6.47. The van der Waals surface area contributed by atoms with E-state index in [9.17, 15) is 4.79 Å². The van der Waals surface area contributed by atoms with E-state index in [1.807, 2.05) is 18.2 Å². The number of aromatic nitrogens is 3. The molecule has 0 unspecified atom stereocenters. The monoisotopic (exact) mass is 445 g/mol. The van der Waals surface area contributed by atoms with Crippen molar-refractivity contribution in [2.45, 2.75) is 12.8 Å². The lowest BCUT2D eigenvalue weighted by Crippen LogP contribution is -2.38. The number of fused-ring (bicyclic) bond motifs is 1. The van der Waals surface area contributed by atoms with E-state index in [-0.39, 0.29) is 11.8 Å². The molecule has 138 valence electrons. The fraction of sp³-hybridized carbons (Fsp3) is 0.263. The van der Waals surface area contributed by atoms with Gasteiger partial charge >= 0.3 is 0 Å². The van der Waals surface area contributed by atoms with E-state index in [4.69, 9.17) is 11.6 Å². The zero-order chi connectivity index (χ0) is 18.8. The minimum atomic E-state index is -0.0430. The summed E-state index contributed by atoms with van der Waals surface area (Å²) in [6, 6.07) is 9.41. The van der Waals surface area contributed by atoms with Gasteiger partial charge in [-0.15, -0.1) is 0 Å². The molecule has 6 nitrogen and oxygen atoms in total. The van der Waals surface area contributed by atoms with Gasteiger partial charge in [-0.25, -0.2) is 15.0 Å². The van der Waals surface area contributed by atoms with Gasteiger partial charge in [-0.2, -0.15) is 0 Å². The Bertz CT molecular complexity index is 974. The van der Waals surface area contributed by atoms with E-state index in [0.717, 1.165) is 47.1 Å². The van der Waals surface area contributed by atoms with Crippen molar-refractivity contribution in [3.05, 3.63) is 52.4 Å². The zero-order valence-electron chi connectivity index (χ0n) is 14.4. The van der Waals surface area contributed by atoms with Crippen LogP contribution in [0.25, 0.3) is 10.9 Å². The molecule has 0 radical (unpaired) electrons. The molecule has 8 heteroatoms. The summed E-state index contributed by atoms with van der Waals surface area (Å²) in [6.07, 6.45) is 4.65. The van der Waals surface area contributed by atoms with Crippen molar-refractivity contribution in [2.75, 3.05) is 23.3 Å². The van der Waals surface area contributed by atoms with Gasteiger partial charge < -0.3 is 10.2 Å². The van der Waals surface area contributed by atoms with E-state index >= 15 is 0 Å². The number of benzene rings is 1. The van der Waals surface area contributed by atoms with Crippen LogP contribution in [0.4, 0.5) is 11.6 Å². The van der Waals surface area contributed by atoms with Crippen LogP contribution in [-0.2, 0) is 4.79 Å². The highest BCUT2D eigenvalue weighted by Crippen LogP contribution is 2.29. The lowest BCUT2D eigenvalue weighted by atomic mass is 9.95. The fourth-order valence-corrected chi connectivity index (χ4v) is 3.77. The Labute approximate surface area is 170 Å². The number of halogens is 2. The Morgan fingerprint density at radius 1 is 1.15 bits per heavy atom. The minimum absolute atomic E-state index is 0.000220. The topological polar surface area (TPSA) is 71.0 Å². The molecule has 0 bridgehead atoms. The third-order valence-electron chi connectivity index (χ3n) is 4.72. The number of rotatable bonds is 3. The minimum Gasteiger partial charge on any atom is -0.356 e. The van der Waals surface area contributed by atoms with Crippen molar-refractivity contribution >= 4 is 56.0 Å². The lowest BCUT2D eigenvalue weighted by Gasteiger charge is -2.32. The molecule has 1 saturated heterocycles. The largest absolute Gasteiger partial charge is 0.356 e. The predicted octanol–water partition coefficient (Wildman–Crippen LogP) is 4.30. The molecule has 1 aliphatic rings. The zero-order valence-corrected chi connectivity index (χ0v) is 16.7. The van der Waals surface area contributed by atoms with Crippen LogP contribution in [-0.4, -0.2) is 33.9 Å². The highest BCUT2D eigenvalue weighted by atomic mass is 79.9. The second-order valence-corrected chi connectivity index (χ2v) is 7.82. The van der Waals surface area contributed by atoms with Gasteiger partial charge in [0.1, 0.15) is 18.0 Å². The van der Waals surface area contributed by atoms with Crippen LogP contribution < -0.4 is 10.2 Å². The van der Waals surface area contributed by atoms with Crippen molar-refractivity contribution in [1.82, 2.24) is 15.0 Å². The summed E-state index contributed by atoms with van der Waals surface area (Å²) < 4.78 is 0.996. The number of anilines is 2. The molecular formula is C19H17BrClN5O. The van der Waals surface area contributed by atoms with Gasteiger partial charge in [0.15, 0.2) is 0 Å². The van der Waals surface area contributed by atoms with Crippen molar-refractivity contribution in [2.24, 2.45) is 5.92 Å². The van der Waals surface area contributed by atoms with E-state index in [2.05, 4.69) is 41.1 Å². The molecule has 27 heavy (non-hydrogen) atoms. The molecule has 0 atom stereocenters. The average molecular weight is 447 g/mol. The number of pyridine rings is 1. The number of amides is 1. The smallest absolute Gasteiger partial charge is 0.228 e. The molecule has 1 fully saturated rings. The average Bonchev–Trinajstić information content (AvgIpc) is 2.69. The summed E-state index contributed by atoms with van der Waals surface area (Å²) in [4.78, 5) is 27.7. The van der Waals surface area contributed by atoms with Crippen LogP contribution in [0.2, 0.25) is 5.02 Å².